The summed E-state index contributed by atoms with van der Waals surface area (Å²) in [4.78, 5) is 4.38. The molecule has 0 saturated heterocycles. The van der Waals surface area contributed by atoms with Crippen LogP contribution in [0.15, 0.2) is 54.7 Å². The van der Waals surface area contributed by atoms with E-state index in [1.165, 1.54) is 6.07 Å². The number of hydrogen-bond donors (Lipinski definition) is 2. The number of fused-ring (bicyclic) bond motifs is 1. The minimum Gasteiger partial charge on any atom is -0.399 e. The Morgan fingerprint density at radius 1 is 1.10 bits per heavy atom. The lowest BCUT2D eigenvalue weighted by Crippen LogP contribution is -2.03. The van der Waals surface area contributed by atoms with Gasteiger partial charge in [-0.15, -0.1) is 0 Å². The molecule has 2 aromatic carbocycles. The molecule has 0 radical (unpaired) electrons. The van der Waals surface area contributed by atoms with Crippen molar-refractivity contribution in [2.24, 2.45) is 0 Å². The van der Waals surface area contributed by atoms with E-state index < -0.39 is 0 Å². The minimum absolute atomic E-state index is 0.349. The van der Waals surface area contributed by atoms with E-state index >= 15 is 0 Å². The second-order valence-corrected chi connectivity index (χ2v) is 4.59. The molecule has 0 aliphatic carbocycles. The lowest BCUT2D eigenvalue weighted by atomic mass is 10.1. The zero-order valence-corrected chi connectivity index (χ0v) is 10.8. The Morgan fingerprint density at radius 2 is 1.95 bits per heavy atom. The lowest BCUT2D eigenvalue weighted by molar-refractivity contribution is 0.631. The largest absolute Gasteiger partial charge is 0.399 e. The Balaban J connectivity index is 1.87. The van der Waals surface area contributed by atoms with Crippen LogP contribution in [-0.4, -0.2) is 4.98 Å². The highest BCUT2D eigenvalue weighted by Gasteiger charge is 2.04. The number of nitrogens with one attached hydrogen (secondary N) is 1. The quantitative estimate of drug-likeness (QED) is 0.713. The maximum absolute atomic E-state index is 13.7. The number of nitrogens with two attached hydrogens (primary N) is 1. The third-order valence-electron chi connectivity index (χ3n) is 3.18. The molecule has 1 heterocycles. The van der Waals surface area contributed by atoms with Crippen molar-refractivity contribution >= 4 is 22.3 Å². The average Bonchev–Trinajstić information content (AvgIpc) is 2.46. The fourth-order valence-electron chi connectivity index (χ4n) is 2.18. The van der Waals surface area contributed by atoms with Crippen molar-refractivity contribution in [1.82, 2.24) is 4.98 Å². The van der Waals surface area contributed by atoms with Crippen LogP contribution in [0, 0.1) is 5.82 Å². The SMILES string of the molecule is Nc1ccc(NCc2cccc3cccnc23)c(F)c1. The van der Waals surface area contributed by atoms with Gasteiger partial charge in [-0.25, -0.2) is 4.39 Å². The molecule has 100 valence electrons. The first-order valence-electron chi connectivity index (χ1n) is 6.35. The molecule has 0 fully saturated rings. The number of rotatable bonds is 3. The van der Waals surface area contributed by atoms with Gasteiger partial charge in [-0.2, -0.15) is 0 Å². The van der Waals surface area contributed by atoms with E-state index in [9.17, 15) is 4.39 Å². The number of pyridine rings is 1. The third-order valence-corrected chi connectivity index (χ3v) is 3.18. The first-order valence-corrected chi connectivity index (χ1v) is 6.35. The van der Waals surface area contributed by atoms with E-state index in [1.807, 2.05) is 30.3 Å². The molecule has 3 N–H and O–H groups in total. The molecule has 0 saturated carbocycles. The Bertz CT molecular complexity index is 750. The van der Waals surface area contributed by atoms with Crippen molar-refractivity contribution in [1.29, 1.82) is 0 Å². The molecule has 0 spiro atoms. The number of nitrogens with zero attached hydrogens (tertiary/aromatic N) is 1. The molecule has 1 aromatic heterocycles. The zero-order chi connectivity index (χ0) is 13.9. The summed E-state index contributed by atoms with van der Waals surface area (Å²) in [6.45, 7) is 0.509. The molecule has 3 rings (SSSR count). The van der Waals surface area contributed by atoms with Gasteiger partial charge in [0.2, 0.25) is 0 Å². The van der Waals surface area contributed by atoms with Crippen molar-refractivity contribution in [3.05, 3.63) is 66.1 Å². The molecular formula is C16H14FN3. The number of hydrogen-bond acceptors (Lipinski definition) is 3. The minimum atomic E-state index is -0.349. The van der Waals surface area contributed by atoms with Crippen LogP contribution in [0.5, 0.6) is 0 Å². The number of benzene rings is 2. The summed E-state index contributed by atoms with van der Waals surface area (Å²) in [5.41, 5.74) is 8.34. The van der Waals surface area contributed by atoms with Gasteiger partial charge in [0.15, 0.2) is 0 Å². The Morgan fingerprint density at radius 3 is 2.80 bits per heavy atom. The average molecular weight is 267 g/mol. The lowest BCUT2D eigenvalue weighted by Gasteiger charge is -2.10. The molecule has 0 aliphatic rings. The van der Waals surface area contributed by atoms with E-state index in [0.29, 0.717) is 17.9 Å². The fraction of sp³-hybridized carbons (Fsp3) is 0.0625. The summed E-state index contributed by atoms with van der Waals surface area (Å²) in [5.74, 6) is -0.349. The Hall–Kier alpha value is -2.62. The molecular weight excluding hydrogens is 253 g/mol. The van der Waals surface area contributed by atoms with Gasteiger partial charge in [0.1, 0.15) is 5.82 Å². The van der Waals surface area contributed by atoms with E-state index in [0.717, 1.165) is 16.5 Å². The van der Waals surface area contributed by atoms with E-state index in [4.69, 9.17) is 5.73 Å². The second-order valence-electron chi connectivity index (χ2n) is 4.59. The van der Waals surface area contributed by atoms with Gasteiger partial charge in [0, 0.05) is 23.8 Å². The molecule has 3 nitrogen and oxygen atoms in total. The van der Waals surface area contributed by atoms with Crippen LogP contribution >= 0.6 is 0 Å². The topological polar surface area (TPSA) is 50.9 Å². The van der Waals surface area contributed by atoms with Crippen molar-refractivity contribution in [2.75, 3.05) is 11.1 Å². The fourth-order valence-corrected chi connectivity index (χ4v) is 2.18. The standard InChI is InChI=1S/C16H14FN3/c17-14-9-13(18)6-7-15(14)20-10-12-4-1-3-11-5-2-8-19-16(11)12/h1-9,20H,10,18H2. The van der Waals surface area contributed by atoms with Gasteiger partial charge >= 0.3 is 0 Å². The first-order chi connectivity index (χ1) is 9.74. The summed E-state index contributed by atoms with van der Waals surface area (Å²) < 4.78 is 13.7. The van der Waals surface area contributed by atoms with Crippen LogP contribution in [0.3, 0.4) is 0 Å². The molecule has 0 aliphatic heterocycles. The van der Waals surface area contributed by atoms with Gasteiger partial charge in [0.05, 0.1) is 11.2 Å². The van der Waals surface area contributed by atoms with E-state index in [1.54, 1.807) is 18.3 Å². The maximum atomic E-state index is 13.7. The number of para-hydroxylation sites is 1. The highest BCUT2D eigenvalue weighted by atomic mass is 19.1. The van der Waals surface area contributed by atoms with Crippen LogP contribution < -0.4 is 11.1 Å². The molecule has 0 atom stereocenters. The first kappa shape index (κ1) is 12.4. The van der Waals surface area contributed by atoms with Crippen LogP contribution in [0.25, 0.3) is 10.9 Å². The number of aromatic nitrogens is 1. The van der Waals surface area contributed by atoms with Crippen LogP contribution in [-0.2, 0) is 6.54 Å². The predicted molar refractivity (Wildman–Crippen MR) is 79.9 cm³/mol. The number of halogens is 1. The molecule has 20 heavy (non-hydrogen) atoms. The zero-order valence-electron chi connectivity index (χ0n) is 10.8. The predicted octanol–water partition coefficient (Wildman–Crippen LogP) is 3.57. The number of anilines is 2. The van der Waals surface area contributed by atoms with Crippen LogP contribution in [0.4, 0.5) is 15.8 Å². The van der Waals surface area contributed by atoms with Crippen molar-refractivity contribution in [2.45, 2.75) is 6.54 Å². The smallest absolute Gasteiger partial charge is 0.148 e. The van der Waals surface area contributed by atoms with Crippen LogP contribution in [0.1, 0.15) is 5.56 Å². The summed E-state index contributed by atoms with van der Waals surface area (Å²) in [6, 6.07) is 14.5. The number of nitrogen functional groups attached to an aromatic ring is 1. The van der Waals surface area contributed by atoms with Gasteiger partial charge in [-0.3, -0.25) is 4.98 Å². The summed E-state index contributed by atoms with van der Waals surface area (Å²) in [5, 5.41) is 4.15. The van der Waals surface area contributed by atoms with E-state index in [-0.39, 0.29) is 5.82 Å². The molecule has 0 unspecified atom stereocenters. The summed E-state index contributed by atoms with van der Waals surface area (Å²) in [7, 11) is 0. The van der Waals surface area contributed by atoms with Gasteiger partial charge in [-0.1, -0.05) is 24.3 Å². The van der Waals surface area contributed by atoms with Crippen molar-refractivity contribution < 1.29 is 4.39 Å². The van der Waals surface area contributed by atoms with Crippen molar-refractivity contribution in [3.63, 3.8) is 0 Å². The Labute approximate surface area is 116 Å². The van der Waals surface area contributed by atoms with E-state index in [2.05, 4.69) is 10.3 Å². The normalized spacial score (nSPS) is 10.7. The van der Waals surface area contributed by atoms with Gasteiger partial charge in [0.25, 0.3) is 0 Å². The highest BCUT2D eigenvalue weighted by molar-refractivity contribution is 5.81. The monoisotopic (exact) mass is 267 g/mol. The summed E-state index contributed by atoms with van der Waals surface area (Å²) in [6.07, 6.45) is 1.76. The van der Waals surface area contributed by atoms with Crippen molar-refractivity contribution in [3.8, 4) is 0 Å². The molecule has 4 heteroatoms. The third kappa shape index (κ3) is 2.40. The van der Waals surface area contributed by atoms with Gasteiger partial charge < -0.3 is 11.1 Å². The Kier molecular flexibility index (Phi) is 3.21. The molecule has 0 bridgehead atoms. The second kappa shape index (κ2) is 5.17. The van der Waals surface area contributed by atoms with Gasteiger partial charge in [-0.05, 0) is 29.8 Å². The molecule has 3 aromatic rings. The highest BCUT2D eigenvalue weighted by Crippen LogP contribution is 2.20. The maximum Gasteiger partial charge on any atom is 0.148 e. The van der Waals surface area contributed by atoms with Crippen LogP contribution in [0.2, 0.25) is 0 Å². The summed E-state index contributed by atoms with van der Waals surface area (Å²) >= 11 is 0. The molecule has 0 amide bonds.